The number of fused-ring (bicyclic) bond motifs is 1. The Kier molecular flexibility index (Phi) is 5.46. The molecule has 0 aromatic heterocycles. The highest BCUT2D eigenvalue weighted by Crippen LogP contribution is 2.40. The smallest absolute Gasteiger partial charge is 0.291 e. The normalized spacial score (nSPS) is 15.5. The summed E-state index contributed by atoms with van der Waals surface area (Å²) in [4.78, 5) is 11.2. The molecule has 0 fully saturated rings. The molecule has 1 aliphatic rings. The second kappa shape index (κ2) is 7.78. The third-order valence-electron chi connectivity index (χ3n) is 3.87. The Bertz CT molecular complexity index is 865. The van der Waals surface area contributed by atoms with Crippen LogP contribution in [0.25, 0.3) is 6.08 Å². The van der Waals surface area contributed by atoms with Gasteiger partial charge >= 0.3 is 0 Å². The lowest BCUT2D eigenvalue weighted by Gasteiger charge is -2.23. The second-order valence-corrected chi connectivity index (χ2v) is 6.49. The van der Waals surface area contributed by atoms with Crippen molar-refractivity contribution in [2.45, 2.75) is 20.0 Å². The van der Waals surface area contributed by atoms with Crippen LogP contribution in [0.5, 0.6) is 17.2 Å². The molecule has 0 amide bonds. The number of nitrogens with zero attached hydrogens (tertiary/aromatic N) is 1. The Balaban J connectivity index is 2.04. The van der Waals surface area contributed by atoms with Crippen LogP contribution in [0.1, 0.15) is 31.1 Å². The van der Waals surface area contributed by atoms with Crippen molar-refractivity contribution in [3.05, 3.63) is 67.8 Å². The minimum atomic E-state index is -0.825. The fourth-order valence-electron chi connectivity index (χ4n) is 2.78. The average Bonchev–Trinajstić information content (AvgIpc) is 2.62. The zero-order chi connectivity index (χ0) is 18.7. The molecule has 26 heavy (non-hydrogen) atoms. The Morgan fingerprint density at radius 1 is 1.12 bits per heavy atom. The summed E-state index contributed by atoms with van der Waals surface area (Å²) < 4.78 is 18.0. The van der Waals surface area contributed by atoms with Gasteiger partial charge in [0.15, 0.2) is 11.5 Å². The van der Waals surface area contributed by atoms with E-state index in [-0.39, 0.29) is 5.70 Å². The first-order valence-corrected chi connectivity index (χ1v) is 9.04. The Hall–Kier alpha value is -2.54. The van der Waals surface area contributed by atoms with Crippen LogP contribution in [0.15, 0.2) is 46.6 Å². The minimum absolute atomic E-state index is 0.0257. The van der Waals surface area contributed by atoms with Crippen molar-refractivity contribution in [2.75, 3.05) is 13.2 Å². The number of hydrogen-bond donors (Lipinski definition) is 0. The quantitative estimate of drug-likeness (QED) is 0.486. The van der Waals surface area contributed by atoms with Crippen LogP contribution in [0.2, 0.25) is 0 Å². The second-order valence-electron chi connectivity index (χ2n) is 5.58. The zero-order valence-corrected chi connectivity index (χ0v) is 16.0. The van der Waals surface area contributed by atoms with Gasteiger partial charge in [-0.3, -0.25) is 10.1 Å². The lowest BCUT2D eigenvalue weighted by Crippen LogP contribution is -2.20. The molecule has 0 unspecified atom stereocenters. The maximum Gasteiger partial charge on any atom is 0.291 e. The van der Waals surface area contributed by atoms with Gasteiger partial charge in [-0.05, 0) is 44.2 Å². The van der Waals surface area contributed by atoms with E-state index >= 15 is 0 Å². The average molecular weight is 420 g/mol. The van der Waals surface area contributed by atoms with Crippen molar-refractivity contribution >= 4 is 22.0 Å². The number of rotatable bonds is 6. The molecule has 0 radical (unpaired) electrons. The largest absolute Gasteiger partial charge is 0.490 e. The number of halogens is 1. The van der Waals surface area contributed by atoms with Crippen molar-refractivity contribution in [3.63, 3.8) is 0 Å². The predicted molar refractivity (Wildman–Crippen MR) is 101 cm³/mol. The van der Waals surface area contributed by atoms with Gasteiger partial charge in [-0.15, -0.1) is 0 Å². The van der Waals surface area contributed by atoms with E-state index in [0.717, 1.165) is 4.47 Å². The number of nitro groups is 1. The third kappa shape index (κ3) is 3.67. The van der Waals surface area contributed by atoms with Gasteiger partial charge in [0.25, 0.3) is 5.70 Å². The molecule has 0 spiro atoms. The van der Waals surface area contributed by atoms with Crippen LogP contribution in [0.4, 0.5) is 0 Å². The molecule has 0 saturated heterocycles. The molecule has 2 aromatic carbocycles. The minimum Gasteiger partial charge on any atom is -0.490 e. The lowest BCUT2D eigenvalue weighted by atomic mass is 10.0. The molecule has 0 saturated carbocycles. The highest BCUT2D eigenvalue weighted by molar-refractivity contribution is 9.10. The van der Waals surface area contributed by atoms with Crippen LogP contribution >= 0.6 is 15.9 Å². The van der Waals surface area contributed by atoms with Crippen LogP contribution in [-0.2, 0) is 0 Å². The summed E-state index contributed by atoms with van der Waals surface area (Å²) in [6.07, 6.45) is 0.721. The van der Waals surface area contributed by atoms with Crippen LogP contribution in [0, 0.1) is 10.1 Å². The Labute approximate surface area is 159 Å². The summed E-state index contributed by atoms with van der Waals surface area (Å²) in [6, 6.07) is 10.7. The fraction of sp³-hybridized carbons (Fsp3) is 0.263. The van der Waals surface area contributed by atoms with Gasteiger partial charge < -0.3 is 14.2 Å². The number of hydrogen-bond acceptors (Lipinski definition) is 5. The molecular weight excluding hydrogens is 402 g/mol. The molecule has 0 bridgehead atoms. The standard InChI is InChI=1S/C19H18BrNO5/c1-3-24-17-7-5-12(11-18(17)25-4-2)19-15(21(22)23)10-13-9-14(20)6-8-16(13)26-19/h5-11,19H,3-4H2,1-2H3/t19-/m1/s1. The highest BCUT2D eigenvalue weighted by Gasteiger charge is 2.33. The zero-order valence-electron chi connectivity index (χ0n) is 14.4. The fourth-order valence-corrected chi connectivity index (χ4v) is 3.16. The summed E-state index contributed by atoms with van der Waals surface area (Å²) in [5.41, 5.74) is 1.27. The molecule has 2 aromatic rings. The van der Waals surface area contributed by atoms with E-state index in [9.17, 15) is 10.1 Å². The Morgan fingerprint density at radius 3 is 2.54 bits per heavy atom. The van der Waals surface area contributed by atoms with Gasteiger partial charge in [0.05, 0.1) is 18.1 Å². The molecule has 136 valence electrons. The molecule has 0 N–H and O–H groups in total. The number of benzene rings is 2. The van der Waals surface area contributed by atoms with E-state index in [4.69, 9.17) is 14.2 Å². The van der Waals surface area contributed by atoms with Gasteiger partial charge in [-0.1, -0.05) is 22.0 Å². The summed E-state index contributed by atoms with van der Waals surface area (Å²) in [7, 11) is 0. The van der Waals surface area contributed by atoms with Gasteiger partial charge in [0, 0.05) is 21.7 Å². The van der Waals surface area contributed by atoms with Gasteiger partial charge in [0.2, 0.25) is 6.10 Å². The van der Waals surface area contributed by atoms with Crippen LogP contribution < -0.4 is 14.2 Å². The number of ether oxygens (including phenoxy) is 3. The van der Waals surface area contributed by atoms with Crippen molar-refractivity contribution in [1.82, 2.24) is 0 Å². The topological polar surface area (TPSA) is 70.8 Å². The van der Waals surface area contributed by atoms with E-state index in [1.165, 1.54) is 0 Å². The summed E-state index contributed by atoms with van der Waals surface area (Å²) in [5.74, 6) is 1.74. The van der Waals surface area contributed by atoms with E-state index in [2.05, 4.69) is 15.9 Å². The van der Waals surface area contributed by atoms with E-state index in [1.807, 2.05) is 19.9 Å². The summed E-state index contributed by atoms with van der Waals surface area (Å²) in [5, 5.41) is 11.6. The maximum absolute atomic E-state index is 11.6. The molecule has 1 atom stereocenters. The highest BCUT2D eigenvalue weighted by atomic mass is 79.9. The first kappa shape index (κ1) is 18.3. The predicted octanol–water partition coefficient (Wildman–Crippen LogP) is 5.00. The van der Waals surface area contributed by atoms with E-state index in [0.29, 0.717) is 41.6 Å². The lowest BCUT2D eigenvalue weighted by molar-refractivity contribution is -0.434. The van der Waals surface area contributed by atoms with Crippen LogP contribution in [-0.4, -0.2) is 18.1 Å². The van der Waals surface area contributed by atoms with Gasteiger partial charge in [-0.25, -0.2) is 0 Å². The molecular formula is C19H18BrNO5. The Morgan fingerprint density at radius 2 is 1.85 bits per heavy atom. The van der Waals surface area contributed by atoms with E-state index < -0.39 is 11.0 Å². The molecule has 1 heterocycles. The monoisotopic (exact) mass is 419 g/mol. The molecule has 1 aliphatic heterocycles. The van der Waals surface area contributed by atoms with Gasteiger partial charge in [0.1, 0.15) is 5.75 Å². The molecule has 3 rings (SSSR count). The maximum atomic E-state index is 11.6. The first-order chi connectivity index (χ1) is 12.5. The SMILES string of the molecule is CCOc1ccc([C@H]2Oc3ccc(Br)cc3C=C2[N+](=O)[O-])cc1OCC. The third-order valence-corrected chi connectivity index (χ3v) is 4.36. The van der Waals surface area contributed by atoms with Crippen molar-refractivity contribution in [3.8, 4) is 17.2 Å². The van der Waals surface area contributed by atoms with Crippen molar-refractivity contribution in [2.24, 2.45) is 0 Å². The van der Waals surface area contributed by atoms with Crippen molar-refractivity contribution < 1.29 is 19.1 Å². The van der Waals surface area contributed by atoms with Crippen LogP contribution in [0.3, 0.4) is 0 Å². The molecule has 7 heteroatoms. The summed E-state index contributed by atoms with van der Waals surface area (Å²) >= 11 is 3.37. The van der Waals surface area contributed by atoms with Crippen molar-refractivity contribution in [1.29, 1.82) is 0 Å². The van der Waals surface area contributed by atoms with E-state index in [1.54, 1.807) is 36.4 Å². The van der Waals surface area contributed by atoms with Gasteiger partial charge in [-0.2, -0.15) is 0 Å². The first-order valence-electron chi connectivity index (χ1n) is 8.25. The molecule has 0 aliphatic carbocycles. The molecule has 6 nitrogen and oxygen atoms in total. The summed E-state index contributed by atoms with van der Waals surface area (Å²) in [6.45, 7) is 4.72.